The van der Waals surface area contributed by atoms with E-state index in [1.807, 2.05) is 4.90 Å². The van der Waals surface area contributed by atoms with E-state index in [4.69, 9.17) is 5.21 Å². The molecule has 1 N–H and O–H groups in total. The number of carbonyl (C=O) groups is 1. The Balaban J connectivity index is 1.84. The molecule has 2 fully saturated rings. The lowest BCUT2D eigenvalue weighted by atomic mass is 9.93. The van der Waals surface area contributed by atoms with Crippen molar-refractivity contribution < 1.29 is 10.0 Å². The van der Waals surface area contributed by atoms with Gasteiger partial charge in [0.15, 0.2) is 0 Å². The summed E-state index contributed by atoms with van der Waals surface area (Å²) in [5.74, 6) is 0.562. The lowest BCUT2D eigenvalue weighted by Gasteiger charge is -2.34. The predicted molar refractivity (Wildman–Crippen MR) is 74.5 cm³/mol. The van der Waals surface area contributed by atoms with E-state index in [0.29, 0.717) is 12.5 Å². The molecule has 0 saturated carbocycles. The molecule has 0 spiro atoms. The van der Waals surface area contributed by atoms with E-state index in [-0.39, 0.29) is 5.91 Å². The number of carbonyl (C=O) groups excluding carboxylic acids is 1. The van der Waals surface area contributed by atoms with Crippen molar-refractivity contribution >= 4 is 11.6 Å². The summed E-state index contributed by atoms with van der Waals surface area (Å²) in [5, 5.41) is 12.4. The summed E-state index contributed by atoms with van der Waals surface area (Å²) >= 11 is 0. The van der Waals surface area contributed by atoms with Crippen molar-refractivity contribution in [1.82, 2.24) is 9.80 Å². The third kappa shape index (κ3) is 3.69. The number of piperidine rings is 2. The van der Waals surface area contributed by atoms with Gasteiger partial charge in [-0.1, -0.05) is 12.1 Å². The molecule has 5 nitrogen and oxygen atoms in total. The van der Waals surface area contributed by atoms with Crippen LogP contribution in [0.5, 0.6) is 0 Å². The summed E-state index contributed by atoms with van der Waals surface area (Å²) in [6.45, 7) is 6.15. The van der Waals surface area contributed by atoms with Gasteiger partial charge in [-0.15, -0.1) is 0 Å². The van der Waals surface area contributed by atoms with Crippen LogP contribution in [-0.2, 0) is 4.79 Å². The van der Waals surface area contributed by atoms with Gasteiger partial charge in [-0.25, -0.2) is 0 Å². The number of rotatable bonds is 3. The molecule has 0 aliphatic carbocycles. The first kappa shape index (κ1) is 14.3. The normalized spacial score (nSPS) is 27.7. The minimum atomic E-state index is 0.263. The van der Waals surface area contributed by atoms with Crippen LogP contribution < -0.4 is 0 Å². The van der Waals surface area contributed by atoms with Gasteiger partial charge in [0.2, 0.25) is 5.91 Å². The van der Waals surface area contributed by atoms with E-state index in [2.05, 4.69) is 17.0 Å². The zero-order valence-electron chi connectivity index (χ0n) is 11.8. The third-order valence-electron chi connectivity index (χ3n) is 4.32. The summed E-state index contributed by atoms with van der Waals surface area (Å²) in [5.41, 5.74) is 0.893. The van der Waals surface area contributed by atoms with Crippen LogP contribution in [0.15, 0.2) is 5.16 Å². The highest BCUT2D eigenvalue weighted by molar-refractivity contribution is 5.87. The van der Waals surface area contributed by atoms with Crippen LogP contribution in [0.25, 0.3) is 0 Å². The fourth-order valence-corrected chi connectivity index (χ4v) is 3.06. The molecule has 1 atom stereocenters. The quantitative estimate of drug-likeness (QED) is 0.623. The number of likely N-dealkylation sites (tertiary alicyclic amines) is 2. The average Bonchev–Trinajstić information content (AvgIpc) is 2.48. The Morgan fingerprint density at radius 1 is 1.32 bits per heavy atom. The highest BCUT2D eigenvalue weighted by Crippen LogP contribution is 2.18. The Kier molecular flexibility index (Phi) is 5.19. The molecule has 1 unspecified atom stereocenters. The molecule has 1 amide bonds. The van der Waals surface area contributed by atoms with E-state index in [1.165, 1.54) is 6.42 Å². The molecule has 2 aliphatic rings. The SMILES string of the molecule is CCC1CN(CC(=O)N2CCCCC2)CCC1=NO. The molecule has 2 rings (SSSR count). The van der Waals surface area contributed by atoms with E-state index in [1.54, 1.807) is 0 Å². The molecule has 2 saturated heterocycles. The van der Waals surface area contributed by atoms with Crippen LogP contribution in [0.3, 0.4) is 0 Å². The first-order valence-electron chi connectivity index (χ1n) is 7.45. The highest BCUT2D eigenvalue weighted by atomic mass is 16.4. The fraction of sp³-hybridized carbons (Fsp3) is 0.857. The van der Waals surface area contributed by atoms with Crippen molar-refractivity contribution in [1.29, 1.82) is 0 Å². The van der Waals surface area contributed by atoms with Gasteiger partial charge < -0.3 is 10.1 Å². The predicted octanol–water partition coefficient (Wildman–Crippen LogP) is 1.56. The monoisotopic (exact) mass is 267 g/mol. The molecule has 108 valence electrons. The van der Waals surface area contributed by atoms with Crippen LogP contribution in [0.1, 0.15) is 39.0 Å². The lowest BCUT2D eigenvalue weighted by molar-refractivity contribution is -0.133. The summed E-state index contributed by atoms with van der Waals surface area (Å²) < 4.78 is 0. The third-order valence-corrected chi connectivity index (χ3v) is 4.32. The number of amides is 1. The Morgan fingerprint density at radius 3 is 2.68 bits per heavy atom. The van der Waals surface area contributed by atoms with Gasteiger partial charge in [-0.2, -0.15) is 0 Å². The maximum atomic E-state index is 12.2. The number of oxime groups is 1. The molecule has 2 aliphatic heterocycles. The molecule has 0 aromatic rings. The van der Waals surface area contributed by atoms with Crippen molar-refractivity contribution in [2.45, 2.75) is 39.0 Å². The Morgan fingerprint density at radius 2 is 2.05 bits per heavy atom. The standard InChI is InChI=1S/C14H25N3O2/c1-2-12-10-16(9-6-13(12)15-19)11-14(18)17-7-4-3-5-8-17/h12,19H,2-11H2,1H3. The molecular weight excluding hydrogens is 242 g/mol. The summed E-state index contributed by atoms with van der Waals surface area (Å²) in [4.78, 5) is 16.4. The van der Waals surface area contributed by atoms with Crippen LogP contribution in [-0.4, -0.2) is 59.3 Å². The van der Waals surface area contributed by atoms with Gasteiger partial charge in [-0.3, -0.25) is 9.69 Å². The molecule has 5 heteroatoms. The topological polar surface area (TPSA) is 56.1 Å². The Bertz CT molecular complexity index is 338. The molecule has 0 bridgehead atoms. The van der Waals surface area contributed by atoms with Crippen LogP contribution >= 0.6 is 0 Å². The maximum absolute atomic E-state index is 12.2. The molecule has 0 aromatic carbocycles. The summed E-state index contributed by atoms with van der Waals surface area (Å²) in [6, 6.07) is 0. The van der Waals surface area contributed by atoms with E-state index < -0.39 is 0 Å². The van der Waals surface area contributed by atoms with Gasteiger partial charge in [0.1, 0.15) is 0 Å². The van der Waals surface area contributed by atoms with E-state index >= 15 is 0 Å². The van der Waals surface area contributed by atoms with Crippen molar-refractivity contribution in [3.63, 3.8) is 0 Å². The molecule has 19 heavy (non-hydrogen) atoms. The molecule has 2 heterocycles. The molecule has 0 radical (unpaired) electrons. The number of hydrogen-bond acceptors (Lipinski definition) is 4. The lowest BCUT2D eigenvalue weighted by Crippen LogP contribution is -2.47. The Labute approximate surface area is 115 Å². The minimum absolute atomic E-state index is 0.263. The average molecular weight is 267 g/mol. The van der Waals surface area contributed by atoms with Gasteiger partial charge in [0, 0.05) is 38.5 Å². The van der Waals surface area contributed by atoms with Crippen LogP contribution in [0, 0.1) is 5.92 Å². The van der Waals surface area contributed by atoms with Gasteiger partial charge >= 0.3 is 0 Å². The van der Waals surface area contributed by atoms with Crippen molar-refractivity contribution in [2.24, 2.45) is 11.1 Å². The van der Waals surface area contributed by atoms with Crippen LogP contribution in [0.4, 0.5) is 0 Å². The van der Waals surface area contributed by atoms with Crippen molar-refractivity contribution in [3.05, 3.63) is 0 Å². The van der Waals surface area contributed by atoms with Crippen molar-refractivity contribution in [3.8, 4) is 0 Å². The highest BCUT2D eigenvalue weighted by Gasteiger charge is 2.27. The first-order valence-corrected chi connectivity index (χ1v) is 7.45. The molecule has 0 aromatic heterocycles. The fourth-order valence-electron chi connectivity index (χ4n) is 3.06. The van der Waals surface area contributed by atoms with E-state index in [9.17, 15) is 4.79 Å². The Hall–Kier alpha value is -1.10. The zero-order valence-corrected chi connectivity index (χ0v) is 11.8. The van der Waals surface area contributed by atoms with Gasteiger partial charge in [0.25, 0.3) is 0 Å². The largest absolute Gasteiger partial charge is 0.411 e. The van der Waals surface area contributed by atoms with Gasteiger partial charge in [-0.05, 0) is 25.7 Å². The minimum Gasteiger partial charge on any atom is -0.411 e. The van der Waals surface area contributed by atoms with Gasteiger partial charge in [0.05, 0.1) is 12.3 Å². The second-order valence-corrected chi connectivity index (χ2v) is 5.62. The number of hydrogen-bond donors (Lipinski definition) is 1. The second kappa shape index (κ2) is 6.89. The molecular formula is C14H25N3O2. The zero-order chi connectivity index (χ0) is 13.7. The summed E-state index contributed by atoms with van der Waals surface area (Å²) in [6.07, 6.45) is 5.28. The smallest absolute Gasteiger partial charge is 0.236 e. The van der Waals surface area contributed by atoms with Crippen LogP contribution in [0.2, 0.25) is 0 Å². The second-order valence-electron chi connectivity index (χ2n) is 5.62. The summed E-state index contributed by atoms with van der Waals surface area (Å²) in [7, 11) is 0. The van der Waals surface area contributed by atoms with Crippen molar-refractivity contribution in [2.75, 3.05) is 32.7 Å². The maximum Gasteiger partial charge on any atom is 0.236 e. The van der Waals surface area contributed by atoms with E-state index in [0.717, 1.165) is 57.6 Å². The first-order chi connectivity index (χ1) is 9.24. The number of nitrogens with zero attached hydrogens (tertiary/aromatic N) is 3.